The maximum Gasteiger partial charge on any atom is 0.274 e. The first-order chi connectivity index (χ1) is 6.74. The molecule has 0 saturated carbocycles. The van der Waals surface area contributed by atoms with Crippen LogP contribution in [0.3, 0.4) is 0 Å². The molecule has 0 atom stereocenters. The van der Waals surface area contributed by atoms with Crippen LogP contribution < -0.4 is 15.2 Å². The van der Waals surface area contributed by atoms with Crippen LogP contribution in [0.4, 0.5) is 5.69 Å². The van der Waals surface area contributed by atoms with Gasteiger partial charge in [-0.2, -0.15) is 0 Å². The van der Waals surface area contributed by atoms with E-state index in [2.05, 4.69) is 4.98 Å². The van der Waals surface area contributed by atoms with E-state index in [-0.39, 0.29) is 0 Å². The van der Waals surface area contributed by atoms with Crippen molar-refractivity contribution < 1.29 is 9.47 Å². The van der Waals surface area contributed by atoms with Gasteiger partial charge in [0, 0.05) is 6.07 Å². The van der Waals surface area contributed by atoms with Gasteiger partial charge in [0.05, 0.1) is 30.1 Å². The van der Waals surface area contributed by atoms with E-state index in [1.807, 2.05) is 6.07 Å². The lowest BCUT2D eigenvalue weighted by atomic mass is 10.3. The Bertz CT molecular complexity index is 467. The fraction of sp³-hybridized carbons (Fsp3) is 0.222. The van der Waals surface area contributed by atoms with E-state index >= 15 is 0 Å². The zero-order chi connectivity index (χ0) is 10.1. The molecule has 0 aliphatic rings. The van der Waals surface area contributed by atoms with Crippen LogP contribution in [-0.4, -0.2) is 19.2 Å². The second-order valence-corrected chi connectivity index (χ2v) is 3.74. The molecule has 1 heterocycles. The minimum Gasteiger partial charge on any atom is -0.495 e. The summed E-state index contributed by atoms with van der Waals surface area (Å²) in [5, 5.41) is 0.632. The van der Waals surface area contributed by atoms with Crippen LogP contribution in [-0.2, 0) is 0 Å². The fourth-order valence-corrected chi connectivity index (χ4v) is 2.00. The number of methoxy groups -OCH3 is 2. The van der Waals surface area contributed by atoms with E-state index in [1.165, 1.54) is 11.3 Å². The Morgan fingerprint density at radius 3 is 2.71 bits per heavy atom. The highest BCUT2D eigenvalue weighted by Gasteiger charge is 2.07. The lowest BCUT2D eigenvalue weighted by molar-refractivity contribution is 0.413. The summed E-state index contributed by atoms with van der Waals surface area (Å²) in [5.41, 5.74) is 7.18. The lowest BCUT2D eigenvalue weighted by Gasteiger charge is -2.02. The first kappa shape index (κ1) is 9.08. The van der Waals surface area contributed by atoms with E-state index in [1.54, 1.807) is 20.3 Å². The van der Waals surface area contributed by atoms with Gasteiger partial charge in [-0.25, -0.2) is 4.98 Å². The number of ether oxygens (including phenoxy) is 2. The molecule has 0 aliphatic carbocycles. The van der Waals surface area contributed by atoms with Gasteiger partial charge in [-0.05, 0) is 6.07 Å². The van der Waals surface area contributed by atoms with Crippen molar-refractivity contribution >= 4 is 27.2 Å². The van der Waals surface area contributed by atoms with Gasteiger partial charge in [0.15, 0.2) is 0 Å². The van der Waals surface area contributed by atoms with Gasteiger partial charge in [0.1, 0.15) is 5.75 Å². The van der Waals surface area contributed by atoms with Crippen LogP contribution in [0.15, 0.2) is 12.1 Å². The summed E-state index contributed by atoms with van der Waals surface area (Å²) in [4.78, 5) is 4.23. The van der Waals surface area contributed by atoms with Crippen molar-refractivity contribution in [2.75, 3.05) is 20.0 Å². The first-order valence-corrected chi connectivity index (χ1v) is 4.84. The molecule has 0 spiro atoms. The van der Waals surface area contributed by atoms with Crippen molar-refractivity contribution in [2.45, 2.75) is 0 Å². The Balaban J connectivity index is 2.64. The van der Waals surface area contributed by atoms with Gasteiger partial charge in [-0.3, -0.25) is 0 Å². The first-order valence-electron chi connectivity index (χ1n) is 4.02. The number of nitrogens with two attached hydrogens (primary N) is 1. The molecule has 5 heteroatoms. The molecule has 2 aromatic rings. The van der Waals surface area contributed by atoms with Crippen LogP contribution in [0.2, 0.25) is 0 Å². The van der Waals surface area contributed by atoms with E-state index in [0.717, 1.165) is 10.2 Å². The monoisotopic (exact) mass is 210 g/mol. The van der Waals surface area contributed by atoms with Crippen molar-refractivity contribution in [3.05, 3.63) is 12.1 Å². The summed E-state index contributed by atoms with van der Waals surface area (Å²) in [6, 6.07) is 3.65. The maximum atomic E-state index is 5.75. The minimum absolute atomic E-state index is 0.591. The zero-order valence-electron chi connectivity index (χ0n) is 7.90. The van der Waals surface area contributed by atoms with Crippen LogP contribution in [0.5, 0.6) is 10.9 Å². The van der Waals surface area contributed by atoms with Crippen molar-refractivity contribution in [1.82, 2.24) is 4.98 Å². The average Bonchev–Trinajstić information content (AvgIpc) is 2.58. The summed E-state index contributed by atoms with van der Waals surface area (Å²) >= 11 is 1.47. The molecule has 14 heavy (non-hydrogen) atoms. The molecule has 0 radical (unpaired) electrons. The van der Waals surface area contributed by atoms with Gasteiger partial charge >= 0.3 is 0 Å². The molecule has 4 nitrogen and oxygen atoms in total. The van der Waals surface area contributed by atoms with Crippen LogP contribution in [0.25, 0.3) is 10.2 Å². The second kappa shape index (κ2) is 3.34. The van der Waals surface area contributed by atoms with Gasteiger partial charge in [-0.1, -0.05) is 11.3 Å². The number of rotatable bonds is 2. The molecule has 0 saturated heterocycles. The minimum atomic E-state index is 0.591. The SMILES string of the molecule is COc1nc2cc(N)c(OC)cc2s1. The number of benzene rings is 1. The molecule has 0 amide bonds. The molecule has 74 valence electrons. The highest BCUT2D eigenvalue weighted by molar-refractivity contribution is 7.20. The summed E-state index contributed by atoms with van der Waals surface area (Å²) in [7, 11) is 3.19. The lowest BCUT2D eigenvalue weighted by Crippen LogP contribution is -1.91. The van der Waals surface area contributed by atoms with Gasteiger partial charge < -0.3 is 15.2 Å². The predicted molar refractivity (Wildman–Crippen MR) is 57.1 cm³/mol. The topological polar surface area (TPSA) is 57.4 Å². The van der Waals surface area contributed by atoms with Gasteiger partial charge in [0.25, 0.3) is 5.19 Å². The molecule has 2 rings (SSSR count). The van der Waals surface area contributed by atoms with Crippen LogP contribution in [0, 0.1) is 0 Å². The van der Waals surface area contributed by atoms with Crippen molar-refractivity contribution in [3.63, 3.8) is 0 Å². The molecule has 0 bridgehead atoms. The molecular formula is C9H10N2O2S. The van der Waals surface area contributed by atoms with Crippen LogP contribution >= 0.6 is 11.3 Å². The molecule has 1 aromatic carbocycles. The third-order valence-corrected chi connectivity index (χ3v) is 2.87. The van der Waals surface area contributed by atoms with E-state index in [9.17, 15) is 0 Å². The molecule has 1 aromatic heterocycles. The maximum absolute atomic E-state index is 5.75. The Labute approximate surface area is 85.3 Å². The number of thiazole rings is 1. The molecule has 0 fully saturated rings. The highest BCUT2D eigenvalue weighted by Crippen LogP contribution is 2.33. The number of aromatic nitrogens is 1. The average molecular weight is 210 g/mol. The number of anilines is 1. The quantitative estimate of drug-likeness (QED) is 0.769. The number of nitrogens with zero attached hydrogens (tertiary/aromatic N) is 1. The standard InChI is InChI=1S/C9H10N2O2S/c1-12-7-4-8-6(3-5(7)10)11-9(13-2)14-8/h3-4H,10H2,1-2H3. The van der Waals surface area contributed by atoms with Gasteiger partial charge in [0.2, 0.25) is 0 Å². The fourth-order valence-electron chi connectivity index (χ4n) is 1.21. The van der Waals surface area contributed by atoms with Crippen LogP contribution in [0.1, 0.15) is 0 Å². The summed E-state index contributed by atoms with van der Waals surface area (Å²) in [5.74, 6) is 0.670. The second-order valence-electron chi connectivity index (χ2n) is 2.75. The number of hydrogen-bond donors (Lipinski definition) is 1. The smallest absolute Gasteiger partial charge is 0.274 e. The zero-order valence-corrected chi connectivity index (χ0v) is 8.72. The van der Waals surface area contributed by atoms with Crippen molar-refractivity contribution in [3.8, 4) is 10.9 Å². The molecular weight excluding hydrogens is 200 g/mol. The Morgan fingerprint density at radius 2 is 2.07 bits per heavy atom. The summed E-state index contributed by atoms with van der Waals surface area (Å²) in [6.07, 6.45) is 0. The summed E-state index contributed by atoms with van der Waals surface area (Å²) < 4.78 is 11.2. The normalized spacial score (nSPS) is 10.4. The molecule has 0 aliphatic heterocycles. The number of fused-ring (bicyclic) bond motifs is 1. The molecule has 0 unspecified atom stereocenters. The Hall–Kier alpha value is -1.49. The molecule has 2 N–H and O–H groups in total. The Morgan fingerprint density at radius 1 is 1.29 bits per heavy atom. The number of nitrogen functional groups attached to an aromatic ring is 1. The third-order valence-electron chi connectivity index (χ3n) is 1.89. The van der Waals surface area contributed by atoms with E-state index < -0.39 is 0 Å². The third kappa shape index (κ3) is 1.35. The van der Waals surface area contributed by atoms with E-state index in [0.29, 0.717) is 16.6 Å². The van der Waals surface area contributed by atoms with Crippen molar-refractivity contribution in [2.24, 2.45) is 0 Å². The van der Waals surface area contributed by atoms with Crippen molar-refractivity contribution in [1.29, 1.82) is 0 Å². The highest BCUT2D eigenvalue weighted by atomic mass is 32.1. The number of hydrogen-bond acceptors (Lipinski definition) is 5. The largest absolute Gasteiger partial charge is 0.495 e. The Kier molecular flexibility index (Phi) is 2.17. The van der Waals surface area contributed by atoms with Gasteiger partial charge in [-0.15, -0.1) is 0 Å². The van der Waals surface area contributed by atoms with E-state index in [4.69, 9.17) is 15.2 Å². The summed E-state index contributed by atoms with van der Waals surface area (Å²) in [6.45, 7) is 0. The predicted octanol–water partition coefficient (Wildman–Crippen LogP) is 1.90.